The lowest BCUT2D eigenvalue weighted by molar-refractivity contribution is -0.385. The Bertz CT molecular complexity index is 751. The van der Waals surface area contributed by atoms with Crippen molar-refractivity contribution >= 4 is 22.7 Å². The number of anilines is 2. The van der Waals surface area contributed by atoms with Crippen LogP contribution in [0.4, 0.5) is 22.7 Å². The number of rotatable bonds is 4. The zero-order valence-corrected chi connectivity index (χ0v) is 12.2. The molecular weight excluding hydrogens is 306 g/mol. The van der Waals surface area contributed by atoms with Crippen molar-refractivity contribution in [3.05, 3.63) is 55.6 Å². The van der Waals surface area contributed by atoms with Gasteiger partial charge < -0.3 is 15.5 Å². The lowest BCUT2D eigenvalue weighted by Gasteiger charge is -2.10. The summed E-state index contributed by atoms with van der Waals surface area (Å²) in [5.74, 6) is -0.873. The number of phenols is 2. The lowest BCUT2D eigenvalue weighted by Crippen LogP contribution is -1.97. The van der Waals surface area contributed by atoms with Crippen LogP contribution < -0.4 is 5.32 Å². The molecule has 9 heteroatoms. The fourth-order valence-electron chi connectivity index (χ4n) is 2.11. The second-order valence-electron chi connectivity index (χ2n) is 4.96. The largest absolute Gasteiger partial charge is 0.502 e. The van der Waals surface area contributed by atoms with Gasteiger partial charge in [-0.15, -0.1) is 0 Å². The number of hydrogen-bond acceptors (Lipinski definition) is 7. The molecular formula is C14H13N3O6. The van der Waals surface area contributed by atoms with Gasteiger partial charge >= 0.3 is 11.4 Å². The summed E-state index contributed by atoms with van der Waals surface area (Å²) in [6.45, 7) is 3.00. The minimum atomic E-state index is -0.724. The molecule has 0 aliphatic rings. The first-order valence-electron chi connectivity index (χ1n) is 6.43. The van der Waals surface area contributed by atoms with Crippen LogP contribution in [-0.2, 0) is 0 Å². The monoisotopic (exact) mass is 319 g/mol. The maximum absolute atomic E-state index is 10.9. The molecule has 2 aromatic rings. The fourth-order valence-corrected chi connectivity index (χ4v) is 2.11. The first-order valence-corrected chi connectivity index (χ1v) is 6.43. The van der Waals surface area contributed by atoms with Crippen molar-refractivity contribution in [3.8, 4) is 11.5 Å². The molecule has 0 amide bonds. The summed E-state index contributed by atoms with van der Waals surface area (Å²) in [6, 6.07) is 5.18. The number of nitrogens with one attached hydrogen (secondary N) is 1. The average Bonchev–Trinajstić information content (AvgIpc) is 2.45. The Morgan fingerprint density at radius 1 is 0.826 bits per heavy atom. The molecule has 0 spiro atoms. The standard InChI is InChI=1S/C14H13N3O6/c1-7-3-9(5-11(13(7)18)16(20)21)15-10-4-8(2)14(19)12(6-10)17(22)23/h3-6,15,18-19H,1-2H3. The van der Waals surface area contributed by atoms with Crippen LogP contribution in [0.25, 0.3) is 0 Å². The third kappa shape index (κ3) is 3.12. The van der Waals surface area contributed by atoms with E-state index in [9.17, 15) is 30.4 Å². The number of nitro benzene ring substituents is 2. The summed E-state index contributed by atoms with van der Waals surface area (Å²) in [5, 5.41) is 44.0. The molecule has 0 aromatic heterocycles. The molecule has 0 saturated carbocycles. The van der Waals surface area contributed by atoms with Gasteiger partial charge in [0.2, 0.25) is 0 Å². The highest BCUT2D eigenvalue weighted by atomic mass is 16.6. The van der Waals surface area contributed by atoms with Crippen LogP contribution in [-0.4, -0.2) is 20.1 Å². The zero-order chi connectivity index (χ0) is 17.3. The van der Waals surface area contributed by atoms with Gasteiger partial charge in [-0.1, -0.05) is 0 Å². The van der Waals surface area contributed by atoms with Gasteiger partial charge in [0.25, 0.3) is 0 Å². The molecule has 0 aliphatic carbocycles. The zero-order valence-electron chi connectivity index (χ0n) is 12.2. The number of hydrogen-bond donors (Lipinski definition) is 3. The molecule has 0 radical (unpaired) electrons. The van der Waals surface area contributed by atoms with E-state index < -0.39 is 32.7 Å². The predicted molar refractivity (Wildman–Crippen MR) is 82.3 cm³/mol. The van der Waals surface area contributed by atoms with Gasteiger partial charge in [0.15, 0.2) is 11.5 Å². The Kier molecular flexibility index (Phi) is 4.04. The van der Waals surface area contributed by atoms with Gasteiger partial charge in [0.1, 0.15) is 0 Å². The van der Waals surface area contributed by atoms with Crippen molar-refractivity contribution in [2.75, 3.05) is 5.32 Å². The van der Waals surface area contributed by atoms with Crippen molar-refractivity contribution < 1.29 is 20.1 Å². The van der Waals surface area contributed by atoms with E-state index in [0.29, 0.717) is 0 Å². The van der Waals surface area contributed by atoms with E-state index >= 15 is 0 Å². The summed E-state index contributed by atoms with van der Waals surface area (Å²) in [5.41, 5.74) is 0.186. The van der Waals surface area contributed by atoms with Gasteiger partial charge in [-0.25, -0.2) is 0 Å². The van der Waals surface area contributed by atoms with Crippen LogP contribution in [0.5, 0.6) is 11.5 Å². The highest BCUT2D eigenvalue weighted by Crippen LogP contribution is 2.36. The molecule has 23 heavy (non-hydrogen) atoms. The SMILES string of the molecule is Cc1cc(Nc2cc(C)c(O)c([N+](=O)[O-])c2)cc([N+](=O)[O-])c1O. The average molecular weight is 319 g/mol. The van der Waals surface area contributed by atoms with Gasteiger partial charge in [-0.3, -0.25) is 20.2 Å². The molecule has 0 atom stereocenters. The highest BCUT2D eigenvalue weighted by Gasteiger charge is 2.19. The normalized spacial score (nSPS) is 10.3. The molecule has 0 heterocycles. The summed E-state index contributed by atoms with van der Waals surface area (Å²) in [6.07, 6.45) is 0. The molecule has 3 N–H and O–H groups in total. The second kappa shape index (κ2) is 5.79. The van der Waals surface area contributed by atoms with Crippen LogP contribution in [0.3, 0.4) is 0 Å². The summed E-state index contributed by atoms with van der Waals surface area (Å²) < 4.78 is 0. The van der Waals surface area contributed by atoms with E-state index in [1.54, 1.807) is 0 Å². The molecule has 2 aromatic carbocycles. The van der Waals surface area contributed by atoms with E-state index in [0.717, 1.165) is 12.1 Å². The van der Waals surface area contributed by atoms with Crippen LogP contribution >= 0.6 is 0 Å². The van der Waals surface area contributed by atoms with Gasteiger partial charge in [0.05, 0.1) is 9.85 Å². The quantitative estimate of drug-likeness (QED) is 0.446. The molecule has 0 aliphatic heterocycles. The third-order valence-electron chi connectivity index (χ3n) is 3.24. The van der Waals surface area contributed by atoms with Gasteiger partial charge in [-0.05, 0) is 26.0 Å². The Hall–Kier alpha value is -3.36. The van der Waals surface area contributed by atoms with Crippen molar-refractivity contribution in [1.29, 1.82) is 0 Å². The minimum absolute atomic E-state index is 0.284. The topological polar surface area (TPSA) is 139 Å². The van der Waals surface area contributed by atoms with E-state index in [-0.39, 0.29) is 22.5 Å². The maximum atomic E-state index is 10.9. The van der Waals surface area contributed by atoms with Crippen LogP contribution in [0.15, 0.2) is 24.3 Å². The number of benzene rings is 2. The van der Waals surface area contributed by atoms with E-state index in [1.807, 2.05) is 0 Å². The molecule has 0 fully saturated rings. The van der Waals surface area contributed by atoms with Crippen molar-refractivity contribution in [2.45, 2.75) is 13.8 Å². The molecule has 0 bridgehead atoms. The van der Waals surface area contributed by atoms with Crippen LogP contribution in [0.2, 0.25) is 0 Å². The summed E-state index contributed by atoms with van der Waals surface area (Å²) in [7, 11) is 0. The number of nitro groups is 2. The first kappa shape index (κ1) is 16.0. The predicted octanol–water partition coefficient (Wildman–Crippen LogP) is 3.27. The van der Waals surface area contributed by atoms with E-state index in [4.69, 9.17) is 0 Å². The number of aromatic hydroxyl groups is 2. The van der Waals surface area contributed by atoms with Crippen molar-refractivity contribution in [2.24, 2.45) is 0 Å². The Labute approximate surface area is 130 Å². The van der Waals surface area contributed by atoms with Crippen molar-refractivity contribution in [3.63, 3.8) is 0 Å². The van der Waals surface area contributed by atoms with Gasteiger partial charge in [-0.2, -0.15) is 0 Å². The third-order valence-corrected chi connectivity index (χ3v) is 3.24. The lowest BCUT2D eigenvalue weighted by atomic mass is 10.1. The Morgan fingerprint density at radius 3 is 1.48 bits per heavy atom. The van der Waals surface area contributed by atoms with Gasteiger partial charge in [0, 0.05) is 34.6 Å². The number of nitrogens with zero attached hydrogens (tertiary/aromatic N) is 2. The van der Waals surface area contributed by atoms with E-state index in [1.165, 1.54) is 26.0 Å². The molecule has 0 saturated heterocycles. The summed E-state index contributed by atoms with van der Waals surface area (Å²) >= 11 is 0. The van der Waals surface area contributed by atoms with Crippen LogP contribution in [0.1, 0.15) is 11.1 Å². The first-order chi connectivity index (χ1) is 10.7. The summed E-state index contributed by atoms with van der Waals surface area (Å²) in [4.78, 5) is 20.4. The Morgan fingerprint density at radius 2 is 1.17 bits per heavy atom. The fraction of sp³-hybridized carbons (Fsp3) is 0.143. The smallest absolute Gasteiger partial charge is 0.313 e. The molecule has 2 rings (SSSR count). The number of phenolic OH excluding ortho intramolecular Hbond substituents is 2. The van der Waals surface area contributed by atoms with Crippen molar-refractivity contribution in [1.82, 2.24) is 0 Å². The Balaban J connectivity index is 2.48. The van der Waals surface area contributed by atoms with E-state index in [2.05, 4.69) is 5.32 Å². The molecule has 120 valence electrons. The maximum Gasteiger partial charge on any atom is 0.313 e. The molecule has 0 unspecified atom stereocenters. The second-order valence-corrected chi connectivity index (χ2v) is 4.96. The molecule has 9 nitrogen and oxygen atoms in total. The minimum Gasteiger partial charge on any atom is -0.502 e. The highest BCUT2D eigenvalue weighted by molar-refractivity contribution is 5.71. The van der Waals surface area contributed by atoms with Crippen LogP contribution in [0, 0.1) is 34.1 Å². The number of aryl methyl sites for hydroxylation is 2.